The lowest BCUT2D eigenvalue weighted by molar-refractivity contribution is 0.415. The van der Waals surface area contributed by atoms with Crippen LogP contribution in [0.25, 0.3) is 0 Å². The maximum atomic E-state index is 5.07. The van der Waals surface area contributed by atoms with Crippen LogP contribution in [0.2, 0.25) is 0 Å². The number of benzene rings is 1. The maximum Gasteiger partial charge on any atom is 0.191 e. The molecule has 0 unspecified atom stereocenters. The summed E-state index contributed by atoms with van der Waals surface area (Å²) in [5, 5.41) is 0.539. The molecule has 0 spiro atoms. The number of thiocarbonyl (C=S) groups is 1. The Hall–Kier alpha value is -1.15. The smallest absolute Gasteiger partial charge is 0.191 e. The average molecular weight is 192 g/mol. The third-order valence-electron chi connectivity index (χ3n) is 1.79. The highest BCUT2D eigenvalue weighted by Crippen LogP contribution is 2.11. The van der Waals surface area contributed by atoms with Crippen LogP contribution in [0, 0.1) is 0 Å². The van der Waals surface area contributed by atoms with E-state index in [4.69, 9.17) is 17.0 Å². The minimum atomic E-state index is 0.539. The number of hydrogen-bond donors (Lipinski definition) is 0. The van der Waals surface area contributed by atoms with Gasteiger partial charge in [-0.2, -0.15) is 0 Å². The highest BCUT2D eigenvalue weighted by atomic mass is 32.1. The predicted molar refractivity (Wildman–Crippen MR) is 59.1 cm³/mol. The molecule has 0 radical (unpaired) electrons. The lowest BCUT2D eigenvalue weighted by Crippen LogP contribution is -2.03. The summed E-state index contributed by atoms with van der Waals surface area (Å²) in [5.74, 6) is 0. The Kier molecular flexibility index (Phi) is 3.65. The van der Waals surface area contributed by atoms with E-state index in [9.17, 15) is 0 Å². The molecule has 0 saturated heterocycles. The van der Waals surface area contributed by atoms with E-state index in [2.05, 4.69) is 6.58 Å². The van der Waals surface area contributed by atoms with Gasteiger partial charge in [0.15, 0.2) is 5.05 Å². The van der Waals surface area contributed by atoms with Gasteiger partial charge in [0.2, 0.25) is 0 Å². The molecule has 68 valence electrons. The lowest BCUT2D eigenvalue weighted by atomic mass is 10.1. The molecule has 13 heavy (non-hydrogen) atoms. The van der Waals surface area contributed by atoms with Gasteiger partial charge >= 0.3 is 0 Å². The molecule has 0 heterocycles. The van der Waals surface area contributed by atoms with Crippen LogP contribution >= 0.6 is 12.2 Å². The number of hydrogen-bond acceptors (Lipinski definition) is 2. The molecule has 2 heteroatoms. The van der Waals surface area contributed by atoms with Crippen molar-refractivity contribution in [3.8, 4) is 0 Å². The van der Waals surface area contributed by atoms with Gasteiger partial charge in [-0.1, -0.05) is 30.3 Å². The van der Waals surface area contributed by atoms with Gasteiger partial charge in [-0.15, -0.1) is 6.58 Å². The van der Waals surface area contributed by atoms with E-state index in [-0.39, 0.29) is 0 Å². The molecule has 0 aromatic heterocycles. The van der Waals surface area contributed by atoms with E-state index in [1.165, 1.54) is 0 Å². The summed E-state index contributed by atoms with van der Waals surface area (Å²) in [6, 6.07) is 7.93. The molecule has 0 aliphatic carbocycles. The first-order valence-corrected chi connectivity index (χ1v) is 4.47. The van der Waals surface area contributed by atoms with E-state index in [1.54, 1.807) is 7.11 Å². The number of rotatable bonds is 3. The zero-order chi connectivity index (χ0) is 9.68. The maximum absolute atomic E-state index is 5.07. The van der Waals surface area contributed by atoms with Crippen molar-refractivity contribution in [1.82, 2.24) is 0 Å². The molecule has 0 amide bonds. The fourth-order valence-electron chi connectivity index (χ4n) is 1.16. The fraction of sp³-hybridized carbons (Fsp3) is 0.182. The van der Waals surface area contributed by atoms with Gasteiger partial charge in [0.25, 0.3) is 0 Å². The summed E-state index contributed by atoms with van der Waals surface area (Å²) in [6.07, 6.45) is 2.68. The summed E-state index contributed by atoms with van der Waals surface area (Å²) in [7, 11) is 1.59. The van der Waals surface area contributed by atoms with Crippen molar-refractivity contribution < 1.29 is 4.74 Å². The first kappa shape index (κ1) is 9.93. The highest BCUT2D eigenvalue weighted by molar-refractivity contribution is 7.80. The normalized spacial score (nSPS) is 9.31. The van der Waals surface area contributed by atoms with Gasteiger partial charge in [0, 0.05) is 5.56 Å². The first-order chi connectivity index (χ1) is 6.29. The average Bonchev–Trinajstić information content (AvgIpc) is 2.18. The van der Waals surface area contributed by atoms with Gasteiger partial charge in [-0.05, 0) is 24.2 Å². The zero-order valence-electron chi connectivity index (χ0n) is 7.62. The van der Waals surface area contributed by atoms with Crippen LogP contribution in [0.3, 0.4) is 0 Å². The second-order valence-corrected chi connectivity index (χ2v) is 3.01. The molecule has 1 aromatic rings. The van der Waals surface area contributed by atoms with Crippen LogP contribution in [0.15, 0.2) is 36.9 Å². The molecule has 0 fully saturated rings. The Morgan fingerprint density at radius 1 is 1.54 bits per heavy atom. The Labute approximate surface area is 84.0 Å². The van der Waals surface area contributed by atoms with E-state index in [0.717, 1.165) is 17.5 Å². The van der Waals surface area contributed by atoms with E-state index in [1.807, 2.05) is 30.3 Å². The van der Waals surface area contributed by atoms with Crippen molar-refractivity contribution in [1.29, 1.82) is 0 Å². The summed E-state index contributed by atoms with van der Waals surface area (Å²) < 4.78 is 5.02. The molecule has 1 rings (SSSR count). The number of methoxy groups -OCH3 is 1. The van der Waals surface area contributed by atoms with Gasteiger partial charge in [-0.3, -0.25) is 0 Å². The van der Waals surface area contributed by atoms with Gasteiger partial charge in [-0.25, -0.2) is 0 Å². The van der Waals surface area contributed by atoms with Crippen LogP contribution in [-0.4, -0.2) is 12.2 Å². The zero-order valence-corrected chi connectivity index (χ0v) is 8.43. The summed E-state index contributed by atoms with van der Waals surface area (Å²) >= 11 is 5.07. The molecule has 0 aliphatic rings. The second-order valence-electron chi connectivity index (χ2n) is 2.64. The van der Waals surface area contributed by atoms with Crippen molar-refractivity contribution in [2.75, 3.05) is 7.11 Å². The quantitative estimate of drug-likeness (QED) is 0.538. The van der Waals surface area contributed by atoms with E-state index >= 15 is 0 Å². The van der Waals surface area contributed by atoms with Crippen LogP contribution in [-0.2, 0) is 11.2 Å². The Morgan fingerprint density at radius 3 is 2.85 bits per heavy atom. The highest BCUT2D eigenvalue weighted by Gasteiger charge is 2.04. The third-order valence-corrected chi connectivity index (χ3v) is 2.17. The van der Waals surface area contributed by atoms with Crippen molar-refractivity contribution in [2.45, 2.75) is 6.42 Å². The minimum Gasteiger partial charge on any atom is -0.486 e. The molecule has 0 aliphatic heterocycles. The fourth-order valence-corrected chi connectivity index (χ4v) is 1.36. The lowest BCUT2D eigenvalue weighted by Gasteiger charge is -2.07. The van der Waals surface area contributed by atoms with E-state index < -0.39 is 0 Å². The minimum absolute atomic E-state index is 0.539. The van der Waals surface area contributed by atoms with Crippen LogP contribution in [0.1, 0.15) is 11.1 Å². The molecule has 0 N–H and O–H groups in total. The van der Waals surface area contributed by atoms with Gasteiger partial charge < -0.3 is 4.74 Å². The van der Waals surface area contributed by atoms with Crippen LogP contribution in [0.5, 0.6) is 0 Å². The van der Waals surface area contributed by atoms with Crippen molar-refractivity contribution in [3.05, 3.63) is 48.0 Å². The number of ether oxygens (including phenoxy) is 1. The summed E-state index contributed by atoms with van der Waals surface area (Å²) in [6.45, 7) is 3.70. The Morgan fingerprint density at radius 2 is 2.23 bits per heavy atom. The van der Waals surface area contributed by atoms with Gasteiger partial charge in [0.05, 0.1) is 7.11 Å². The number of allylic oxidation sites excluding steroid dienone is 1. The SMILES string of the molecule is C=CCc1ccccc1C(=S)OC. The Balaban J connectivity index is 3.03. The largest absolute Gasteiger partial charge is 0.486 e. The Bertz CT molecular complexity index is 318. The standard InChI is InChI=1S/C11H12OS/c1-3-6-9-7-4-5-8-10(9)11(13)12-2/h3-5,7-8H,1,6H2,2H3. The van der Waals surface area contributed by atoms with Crippen LogP contribution in [0.4, 0.5) is 0 Å². The molecular weight excluding hydrogens is 180 g/mol. The van der Waals surface area contributed by atoms with Crippen molar-refractivity contribution in [3.63, 3.8) is 0 Å². The van der Waals surface area contributed by atoms with Gasteiger partial charge in [0.1, 0.15) is 0 Å². The predicted octanol–water partition coefficient (Wildman–Crippen LogP) is 2.74. The molecule has 1 aromatic carbocycles. The second kappa shape index (κ2) is 4.77. The molecule has 0 saturated carbocycles. The topological polar surface area (TPSA) is 9.23 Å². The summed E-state index contributed by atoms with van der Waals surface area (Å²) in [5.41, 5.74) is 2.14. The summed E-state index contributed by atoms with van der Waals surface area (Å²) in [4.78, 5) is 0. The van der Waals surface area contributed by atoms with E-state index in [0.29, 0.717) is 5.05 Å². The van der Waals surface area contributed by atoms with Crippen molar-refractivity contribution in [2.24, 2.45) is 0 Å². The van der Waals surface area contributed by atoms with Crippen molar-refractivity contribution >= 4 is 17.3 Å². The molecule has 0 bridgehead atoms. The van der Waals surface area contributed by atoms with Crippen LogP contribution < -0.4 is 0 Å². The molecule has 0 atom stereocenters. The molecule has 1 nitrogen and oxygen atoms in total. The first-order valence-electron chi connectivity index (χ1n) is 4.06. The molecular formula is C11H12OS. The monoisotopic (exact) mass is 192 g/mol. The third kappa shape index (κ3) is 2.39.